The Labute approximate surface area is 115 Å². The molecule has 106 valence electrons. The van der Waals surface area contributed by atoms with Gasteiger partial charge in [-0.1, -0.05) is 5.16 Å². The van der Waals surface area contributed by atoms with Crippen LogP contribution in [0.25, 0.3) is 0 Å². The van der Waals surface area contributed by atoms with Crippen molar-refractivity contribution in [2.45, 2.75) is 33.6 Å². The Hall–Kier alpha value is -2.44. The van der Waals surface area contributed by atoms with Gasteiger partial charge in [-0.2, -0.15) is 0 Å². The standard InChI is InChI=1S/C13H16N4O3/c1-7-6-11(17-20-7)16-12(18)5-4-10-8(2)14-9(3)15-13(10)19/h6H,4-5H2,1-3H3,(H,14,15,19)(H,16,17,18). The molecule has 0 aliphatic carbocycles. The summed E-state index contributed by atoms with van der Waals surface area (Å²) < 4.78 is 4.85. The molecule has 7 nitrogen and oxygen atoms in total. The molecule has 0 aliphatic rings. The van der Waals surface area contributed by atoms with Gasteiger partial charge in [-0.3, -0.25) is 9.59 Å². The van der Waals surface area contributed by atoms with Gasteiger partial charge in [0.1, 0.15) is 11.6 Å². The number of nitrogens with zero attached hydrogens (tertiary/aromatic N) is 2. The lowest BCUT2D eigenvalue weighted by molar-refractivity contribution is -0.116. The van der Waals surface area contributed by atoms with Gasteiger partial charge in [0.15, 0.2) is 5.82 Å². The molecule has 0 radical (unpaired) electrons. The van der Waals surface area contributed by atoms with Crippen molar-refractivity contribution in [3.63, 3.8) is 0 Å². The van der Waals surface area contributed by atoms with E-state index >= 15 is 0 Å². The molecule has 2 rings (SSSR count). The summed E-state index contributed by atoms with van der Waals surface area (Å²) in [6.07, 6.45) is 0.512. The number of amides is 1. The molecular formula is C13H16N4O3. The van der Waals surface area contributed by atoms with Crippen LogP contribution < -0.4 is 10.9 Å². The molecule has 0 fully saturated rings. The Bertz CT molecular complexity index is 687. The zero-order chi connectivity index (χ0) is 14.7. The molecule has 0 atom stereocenters. The Morgan fingerprint density at radius 1 is 1.40 bits per heavy atom. The van der Waals surface area contributed by atoms with Gasteiger partial charge in [-0.05, 0) is 27.2 Å². The Morgan fingerprint density at radius 2 is 2.15 bits per heavy atom. The Kier molecular flexibility index (Phi) is 3.97. The van der Waals surface area contributed by atoms with Crippen LogP contribution in [-0.4, -0.2) is 21.0 Å². The minimum absolute atomic E-state index is 0.181. The van der Waals surface area contributed by atoms with Crippen molar-refractivity contribution >= 4 is 11.7 Å². The van der Waals surface area contributed by atoms with Crippen LogP contribution in [0.5, 0.6) is 0 Å². The summed E-state index contributed by atoms with van der Waals surface area (Å²) in [5.41, 5.74) is 0.985. The number of carbonyl (C=O) groups excluding carboxylic acids is 1. The largest absolute Gasteiger partial charge is 0.360 e. The van der Waals surface area contributed by atoms with E-state index in [-0.39, 0.29) is 17.9 Å². The van der Waals surface area contributed by atoms with Gasteiger partial charge in [0, 0.05) is 23.7 Å². The fraction of sp³-hybridized carbons (Fsp3) is 0.385. The van der Waals surface area contributed by atoms with Crippen molar-refractivity contribution in [2.75, 3.05) is 5.32 Å². The summed E-state index contributed by atoms with van der Waals surface area (Å²) in [6.45, 7) is 5.22. The van der Waals surface area contributed by atoms with Crippen LogP contribution >= 0.6 is 0 Å². The van der Waals surface area contributed by atoms with Crippen LogP contribution in [0.1, 0.15) is 29.3 Å². The number of hydrogen-bond donors (Lipinski definition) is 2. The summed E-state index contributed by atoms with van der Waals surface area (Å²) in [4.78, 5) is 30.4. The van der Waals surface area contributed by atoms with Gasteiger partial charge < -0.3 is 14.8 Å². The highest BCUT2D eigenvalue weighted by atomic mass is 16.5. The molecule has 0 unspecified atom stereocenters. The quantitative estimate of drug-likeness (QED) is 0.875. The fourth-order valence-corrected chi connectivity index (χ4v) is 1.91. The van der Waals surface area contributed by atoms with Crippen molar-refractivity contribution in [1.29, 1.82) is 0 Å². The van der Waals surface area contributed by atoms with E-state index in [9.17, 15) is 9.59 Å². The third-order valence-corrected chi connectivity index (χ3v) is 2.84. The van der Waals surface area contributed by atoms with E-state index in [2.05, 4.69) is 20.4 Å². The van der Waals surface area contributed by atoms with E-state index in [4.69, 9.17) is 4.52 Å². The van der Waals surface area contributed by atoms with Crippen molar-refractivity contribution in [2.24, 2.45) is 0 Å². The maximum absolute atomic E-state index is 11.8. The number of H-pyrrole nitrogens is 1. The summed E-state index contributed by atoms with van der Waals surface area (Å²) in [5, 5.41) is 6.28. The van der Waals surface area contributed by atoms with Gasteiger partial charge in [0.2, 0.25) is 5.91 Å². The normalized spacial score (nSPS) is 10.6. The van der Waals surface area contributed by atoms with Crippen LogP contribution in [0.2, 0.25) is 0 Å². The Balaban J connectivity index is 1.99. The molecule has 2 aromatic rings. The number of nitrogens with one attached hydrogen (secondary N) is 2. The first kappa shape index (κ1) is 14.0. The number of aromatic nitrogens is 3. The summed E-state index contributed by atoms with van der Waals surface area (Å²) in [6, 6.07) is 1.63. The van der Waals surface area contributed by atoms with Crippen LogP contribution in [0, 0.1) is 20.8 Å². The zero-order valence-corrected chi connectivity index (χ0v) is 11.6. The topological polar surface area (TPSA) is 101 Å². The first-order valence-electron chi connectivity index (χ1n) is 6.25. The number of carbonyl (C=O) groups is 1. The van der Waals surface area contributed by atoms with Gasteiger partial charge in [0.25, 0.3) is 5.56 Å². The molecule has 0 saturated carbocycles. The predicted octanol–water partition coefficient (Wildman–Crippen LogP) is 1.25. The molecule has 0 saturated heterocycles. The summed E-state index contributed by atoms with van der Waals surface area (Å²) in [7, 11) is 0. The highest BCUT2D eigenvalue weighted by Gasteiger charge is 2.11. The van der Waals surface area contributed by atoms with Crippen molar-refractivity contribution < 1.29 is 9.32 Å². The SMILES string of the molecule is Cc1nc(C)c(CCC(=O)Nc2cc(C)on2)c(=O)[nH]1. The van der Waals surface area contributed by atoms with E-state index in [1.165, 1.54) is 0 Å². The van der Waals surface area contributed by atoms with Crippen LogP contribution in [-0.2, 0) is 11.2 Å². The number of anilines is 1. The lowest BCUT2D eigenvalue weighted by atomic mass is 10.1. The molecule has 20 heavy (non-hydrogen) atoms. The number of aryl methyl sites for hydroxylation is 3. The average molecular weight is 276 g/mol. The third kappa shape index (κ3) is 3.31. The maximum atomic E-state index is 11.8. The van der Waals surface area contributed by atoms with Gasteiger partial charge in [-0.25, -0.2) is 4.98 Å². The van der Waals surface area contributed by atoms with Crippen molar-refractivity contribution in [3.05, 3.63) is 39.3 Å². The van der Waals surface area contributed by atoms with Crippen molar-refractivity contribution in [1.82, 2.24) is 15.1 Å². The second kappa shape index (κ2) is 5.68. The monoisotopic (exact) mass is 276 g/mol. The second-order valence-electron chi connectivity index (χ2n) is 4.59. The van der Waals surface area contributed by atoms with Crippen LogP contribution in [0.4, 0.5) is 5.82 Å². The predicted molar refractivity (Wildman–Crippen MR) is 72.5 cm³/mol. The number of hydrogen-bond acceptors (Lipinski definition) is 5. The molecule has 7 heteroatoms. The summed E-state index contributed by atoms with van der Waals surface area (Å²) >= 11 is 0. The fourth-order valence-electron chi connectivity index (χ4n) is 1.91. The molecule has 0 aromatic carbocycles. The molecule has 0 bridgehead atoms. The lowest BCUT2D eigenvalue weighted by Gasteiger charge is -2.05. The zero-order valence-electron chi connectivity index (χ0n) is 11.6. The van der Waals surface area contributed by atoms with Crippen LogP contribution in [0.15, 0.2) is 15.4 Å². The van der Waals surface area contributed by atoms with Gasteiger partial charge in [-0.15, -0.1) is 0 Å². The molecule has 0 spiro atoms. The molecule has 2 N–H and O–H groups in total. The highest BCUT2D eigenvalue weighted by Crippen LogP contribution is 2.08. The minimum Gasteiger partial charge on any atom is -0.360 e. The average Bonchev–Trinajstić information content (AvgIpc) is 2.73. The molecule has 1 amide bonds. The second-order valence-corrected chi connectivity index (χ2v) is 4.59. The van der Waals surface area contributed by atoms with E-state index in [0.29, 0.717) is 35.1 Å². The first-order valence-corrected chi connectivity index (χ1v) is 6.25. The van der Waals surface area contributed by atoms with E-state index in [1.807, 2.05) is 0 Å². The van der Waals surface area contributed by atoms with E-state index < -0.39 is 0 Å². The molecular weight excluding hydrogens is 260 g/mol. The van der Waals surface area contributed by atoms with Gasteiger partial charge >= 0.3 is 0 Å². The smallest absolute Gasteiger partial charge is 0.254 e. The number of aromatic amines is 1. The van der Waals surface area contributed by atoms with E-state index in [1.54, 1.807) is 26.8 Å². The Morgan fingerprint density at radius 3 is 2.75 bits per heavy atom. The third-order valence-electron chi connectivity index (χ3n) is 2.84. The van der Waals surface area contributed by atoms with E-state index in [0.717, 1.165) is 0 Å². The lowest BCUT2D eigenvalue weighted by Crippen LogP contribution is -2.20. The maximum Gasteiger partial charge on any atom is 0.254 e. The molecule has 2 heterocycles. The highest BCUT2D eigenvalue weighted by molar-refractivity contribution is 5.89. The summed E-state index contributed by atoms with van der Waals surface area (Å²) in [5.74, 6) is 1.34. The minimum atomic E-state index is -0.224. The van der Waals surface area contributed by atoms with Crippen molar-refractivity contribution in [3.8, 4) is 0 Å². The first-order chi connectivity index (χ1) is 9.45. The number of rotatable bonds is 4. The molecule has 0 aliphatic heterocycles. The molecule has 2 aromatic heterocycles. The van der Waals surface area contributed by atoms with Crippen LogP contribution in [0.3, 0.4) is 0 Å². The van der Waals surface area contributed by atoms with Gasteiger partial charge in [0.05, 0.1) is 0 Å².